The number of likely N-dealkylation sites (tertiary alicyclic amines) is 1. The standard InChI is InChI=1S/C25H30N4O5/c1-24(2,3)34-23(33)29-14-17(30)13-19(29)21-26-22(32)25(4,27-21)16-11-9-15(10-12-16)18-7-6-8-20(31)28(18)5/h6-12,17,19,30H,13-14H2,1-5H3,(H,26,27,32)/t17-,19?,25?/m1/s1. The molecule has 2 N–H and O–H groups in total. The third kappa shape index (κ3) is 4.35. The maximum absolute atomic E-state index is 13.0. The van der Waals surface area contributed by atoms with Gasteiger partial charge < -0.3 is 19.7 Å². The molecule has 1 aromatic carbocycles. The first-order chi connectivity index (χ1) is 15.9. The number of nitrogens with zero attached hydrogens (tertiary/aromatic N) is 3. The largest absolute Gasteiger partial charge is 0.444 e. The summed E-state index contributed by atoms with van der Waals surface area (Å²) in [5, 5.41) is 13.1. The number of nitrogens with one attached hydrogen (secondary N) is 1. The Morgan fingerprint density at radius 3 is 2.50 bits per heavy atom. The fourth-order valence-corrected chi connectivity index (χ4v) is 4.33. The Labute approximate surface area is 198 Å². The van der Waals surface area contributed by atoms with Crippen molar-refractivity contribution in [3.63, 3.8) is 0 Å². The van der Waals surface area contributed by atoms with Crippen molar-refractivity contribution in [3.8, 4) is 11.3 Å². The van der Waals surface area contributed by atoms with Crippen molar-refractivity contribution < 1.29 is 19.4 Å². The molecule has 2 aromatic rings. The van der Waals surface area contributed by atoms with Gasteiger partial charge in [0.15, 0.2) is 5.54 Å². The van der Waals surface area contributed by atoms with Crippen molar-refractivity contribution in [2.75, 3.05) is 6.54 Å². The van der Waals surface area contributed by atoms with Gasteiger partial charge in [-0.15, -0.1) is 0 Å². The molecule has 9 heteroatoms. The van der Waals surface area contributed by atoms with Gasteiger partial charge in [-0.1, -0.05) is 30.3 Å². The predicted octanol–water partition coefficient (Wildman–Crippen LogP) is 2.17. The molecule has 3 atom stereocenters. The lowest BCUT2D eigenvalue weighted by Gasteiger charge is -2.28. The number of amidine groups is 1. The Hall–Kier alpha value is -3.46. The van der Waals surface area contributed by atoms with Crippen LogP contribution in [-0.4, -0.2) is 56.7 Å². The minimum atomic E-state index is -1.19. The third-order valence-electron chi connectivity index (χ3n) is 6.18. The van der Waals surface area contributed by atoms with Gasteiger partial charge in [0.25, 0.3) is 11.5 Å². The minimum absolute atomic E-state index is 0.105. The van der Waals surface area contributed by atoms with E-state index in [4.69, 9.17) is 9.73 Å². The Balaban J connectivity index is 1.62. The number of aromatic nitrogens is 1. The third-order valence-corrected chi connectivity index (χ3v) is 6.18. The molecular weight excluding hydrogens is 436 g/mol. The molecule has 1 fully saturated rings. The molecule has 2 amide bonds. The zero-order valence-corrected chi connectivity index (χ0v) is 20.0. The summed E-state index contributed by atoms with van der Waals surface area (Å²) in [6.07, 6.45) is -1.03. The van der Waals surface area contributed by atoms with Crippen LogP contribution in [0.15, 0.2) is 52.3 Å². The normalized spacial score (nSPS) is 24.7. The molecule has 2 aliphatic rings. The maximum Gasteiger partial charge on any atom is 0.411 e. The zero-order valence-electron chi connectivity index (χ0n) is 20.0. The lowest BCUT2D eigenvalue weighted by Crippen LogP contribution is -2.47. The molecular formula is C25H30N4O5. The van der Waals surface area contributed by atoms with E-state index in [1.807, 2.05) is 30.3 Å². The summed E-state index contributed by atoms with van der Waals surface area (Å²) in [5.74, 6) is 0.0253. The fourth-order valence-electron chi connectivity index (χ4n) is 4.33. The number of β-amino-alcohol motifs (C(OH)–C–C–N with tert-alkyl or cyclic N) is 1. The van der Waals surface area contributed by atoms with Crippen LogP contribution in [0.3, 0.4) is 0 Å². The summed E-state index contributed by atoms with van der Waals surface area (Å²) in [7, 11) is 1.71. The molecule has 0 spiro atoms. The Morgan fingerprint density at radius 2 is 1.85 bits per heavy atom. The van der Waals surface area contributed by atoms with Crippen LogP contribution in [0, 0.1) is 0 Å². The summed E-state index contributed by atoms with van der Waals surface area (Å²) >= 11 is 0. The average Bonchev–Trinajstić information content (AvgIpc) is 3.29. The van der Waals surface area contributed by atoms with Gasteiger partial charge in [-0.2, -0.15) is 0 Å². The van der Waals surface area contributed by atoms with E-state index >= 15 is 0 Å². The van der Waals surface area contributed by atoms with Crippen LogP contribution in [-0.2, 0) is 22.1 Å². The van der Waals surface area contributed by atoms with Crippen molar-refractivity contribution in [2.24, 2.45) is 12.0 Å². The van der Waals surface area contributed by atoms with E-state index in [0.29, 0.717) is 11.4 Å². The van der Waals surface area contributed by atoms with Crippen LogP contribution in [0.2, 0.25) is 0 Å². The van der Waals surface area contributed by atoms with Crippen LogP contribution < -0.4 is 10.9 Å². The van der Waals surface area contributed by atoms with Gasteiger partial charge in [0.1, 0.15) is 11.4 Å². The van der Waals surface area contributed by atoms with Crippen LogP contribution in [0.5, 0.6) is 0 Å². The molecule has 0 aliphatic carbocycles. The van der Waals surface area contributed by atoms with Crippen molar-refractivity contribution >= 4 is 17.8 Å². The summed E-state index contributed by atoms with van der Waals surface area (Å²) in [6, 6.07) is 11.8. The molecule has 2 unspecified atom stereocenters. The summed E-state index contributed by atoms with van der Waals surface area (Å²) < 4.78 is 7.04. The second-order valence-electron chi connectivity index (χ2n) is 9.95. The van der Waals surface area contributed by atoms with Crippen molar-refractivity contribution in [1.29, 1.82) is 0 Å². The highest BCUT2D eigenvalue weighted by molar-refractivity contribution is 6.11. The Bertz CT molecular complexity index is 1210. The van der Waals surface area contributed by atoms with E-state index in [2.05, 4.69) is 5.32 Å². The molecule has 3 heterocycles. The second kappa shape index (κ2) is 8.39. The molecule has 1 saturated heterocycles. The first-order valence-electron chi connectivity index (χ1n) is 11.2. The summed E-state index contributed by atoms with van der Waals surface area (Å²) in [6.45, 7) is 7.14. The van der Waals surface area contributed by atoms with Gasteiger partial charge in [-0.25, -0.2) is 9.79 Å². The SMILES string of the molecule is Cn1c(-c2ccc(C3(C)N=C(C4C[C@@H](O)CN4C(=O)OC(C)(C)C)NC3=O)cc2)cccc1=O. The molecule has 0 radical (unpaired) electrons. The van der Waals surface area contributed by atoms with Gasteiger partial charge in [0.2, 0.25) is 0 Å². The first-order valence-corrected chi connectivity index (χ1v) is 11.2. The lowest BCUT2D eigenvalue weighted by molar-refractivity contribution is -0.123. The van der Waals surface area contributed by atoms with Crippen molar-refractivity contribution in [3.05, 3.63) is 58.4 Å². The van der Waals surface area contributed by atoms with Gasteiger partial charge in [-0.05, 0) is 44.9 Å². The van der Waals surface area contributed by atoms with Gasteiger partial charge >= 0.3 is 6.09 Å². The molecule has 4 rings (SSSR count). The van der Waals surface area contributed by atoms with E-state index < -0.39 is 29.4 Å². The second-order valence-corrected chi connectivity index (χ2v) is 9.95. The van der Waals surface area contributed by atoms with Crippen LogP contribution in [0.1, 0.15) is 39.7 Å². The smallest absolute Gasteiger partial charge is 0.411 e. The van der Waals surface area contributed by atoms with E-state index in [1.54, 1.807) is 45.4 Å². The Morgan fingerprint density at radius 1 is 1.18 bits per heavy atom. The van der Waals surface area contributed by atoms with Crippen LogP contribution in [0.25, 0.3) is 11.3 Å². The lowest BCUT2D eigenvalue weighted by atomic mass is 9.91. The van der Waals surface area contributed by atoms with Crippen molar-refractivity contribution in [2.45, 2.75) is 57.4 Å². The van der Waals surface area contributed by atoms with E-state index in [0.717, 1.165) is 11.3 Å². The number of aliphatic hydroxyl groups is 1. The number of aliphatic hydroxyl groups excluding tert-OH is 1. The predicted molar refractivity (Wildman–Crippen MR) is 127 cm³/mol. The summed E-state index contributed by atoms with van der Waals surface area (Å²) in [4.78, 5) is 43.8. The number of benzene rings is 1. The molecule has 1 aromatic heterocycles. The van der Waals surface area contributed by atoms with E-state index in [1.165, 1.54) is 11.0 Å². The number of aliphatic imine (C=N–C) groups is 1. The molecule has 2 aliphatic heterocycles. The van der Waals surface area contributed by atoms with Crippen molar-refractivity contribution in [1.82, 2.24) is 14.8 Å². The summed E-state index contributed by atoms with van der Waals surface area (Å²) in [5.41, 5.74) is 0.290. The van der Waals surface area contributed by atoms with Gasteiger partial charge in [0, 0.05) is 19.5 Å². The number of amides is 2. The number of ether oxygens (including phenoxy) is 1. The number of hydrogen-bond acceptors (Lipinski definition) is 6. The number of carbonyl (C=O) groups is 2. The molecule has 9 nitrogen and oxygen atoms in total. The maximum atomic E-state index is 13.0. The fraction of sp³-hybridized carbons (Fsp3) is 0.440. The molecule has 34 heavy (non-hydrogen) atoms. The average molecular weight is 467 g/mol. The molecule has 0 bridgehead atoms. The Kier molecular flexibility index (Phi) is 5.85. The van der Waals surface area contributed by atoms with E-state index in [-0.39, 0.29) is 24.4 Å². The number of hydrogen-bond donors (Lipinski definition) is 2. The zero-order chi connectivity index (χ0) is 24.8. The topological polar surface area (TPSA) is 113 Å². The quantitative estimate of drug-likeness (QED) is 0.720. The highest BCUT2D eigenvalue weighted by atomic mass is 16.6. The van der Waals surface area contributed by atoms with Crippen LogP contribution in [0.4, 0.5) is 4.79 Å². The molecule has 180 valence electrons. The molecule has 0 saturated carbocycles. The van der Waals surface area contributed by atoms with E-state index in [9.17, 15) is 19.5 Å². The highest BCUT2D eigenvalue weighted by Gasteiger charge is 2.47. The highest BCUT2D eigenvalue weighted by Crippen LogP contribution is 2.33. The number of carbonyl (C=O) groups excluding carboxylic acids is 2. The monoisotopic (exact) mass is 466 g/mol. The van der Waals surface area contributed by atoms with Crippen LogP contribution >= 0.6 is 0 Å². The first kappa shape index (κ1) is 23.7. The minimum Gasteiger partial charge on any atom is -0.444 e. The number of rotatable bonds is 3. The van der Waals surface area contributed by atoms with Gasteiger partial charge in [0.05, 0.1) is 24.4 Å². The number of pyridine rings is 1. The van der Waals surface area contributed by atoms with Gasteiger partial charge in [-0.3, -0.25) is 14.5 Å².